The van der Waals surface area contributed by atoms with Crippen LogP contribution in [0.4, 0.5) is 5.82 Å². The van der Waals surface area contributed by atoms with Crippen molar-refractivity contribution >= 4 is 29.2 Å². The number of hydrogen-bond donors (Lipinski definition) is 1. The summed E-state index contributed by atoms with van der Waals surface area (Å²) in [5.41, 5.74) is 8.16. The lowest BCUT2D eigenvalue weighted by molar-refractivity contribution is 0.216. The maximum atomic E-state index is 6.02. The molecule has 1 aromatic carbocycles. The third-order valence-electron chi connectivity index (χ3n) is 6.02. The molecule has 144 valence electrons. The third kappa shape index (κ3) is 4.33. The predicted octanol–water partition coefficient (Wildman–Crippen LogP) is 3.59. The molecule has 4 rings (SSSR count). The number of aromatic nitrogens is 1. The summed E-state index contributed by atoms with van der Waals surface area (Å²) in [4.78, 5) is 4.99. The first kappa shape index (κ1) is 19.5. The standard InChI is InChI=1S/C20H30N4O.ClH/c1-15-2-7-19-18(14-15)20(22-25-19)24-12-10-23(11-13-24)9-8-16-3-5-17(21)6-4-16;/h2,7,14,16-17H,3-6,8-13,21H2,1H3;1H. The number of rotatable bonds is 4. The smallest absolute Gasteiger partial charge is 0.180 e. The fraction of sp³-hybridized carbons (Fsp3) is 0.650. The highest BCUT2D eigenvalue weighted by Crippen LogP contribution is 2.29. The van der Waals surface area contributed by atoms with Gasteiger partial charge in [0.15, 0.2) is 11.4 Å². The summed E-state index contributed by atoms with van der Waals surface area (Å²) >= 11 is 0. The maximum absolute atomic E-state index is 6.02. The van der Waals surface area contributed by atoms with Crippen molar-refractivity contribution in [3.8, 4) is 0 Å². The second-order valence-electron chi connectivity index (χ2n) is 7.90. The van der Waals surface area contributed by atoms with E-state index in [1.807, 2.05) is 6.07 Å². The van der Waals surface area contributed by atoms with Crippen LogP contribution in [0.15, 0.2) is 22.7 Å². The van der Waals surface area contributed by atoms with E-state index in [9.17, 15) is 0 Å². The molecule has 0 bridgehead atoms. The Morgan fingerprint density at radius 3 is 2.58 bits per heavy atom. The largest absolute Gasteiger partial charge is 0.354 e. The summed E-state index contributed by atoms with van der Waals surface area (Å²) in [5.74, 6) is 1.90. The van der Waals surface area contributed by atoms with Crippen molar-refractivity contribution in [2.75, 3.05) is 37.6 Å². The van der Waals surface area contributed by atoms with Crippen LogP contribution in [-0.4, -0.2) is 48.8 Å². The van der Waals surface area contributed by atoms with Gasteiger partial charge < -0.3 is 15.2 Å². The van der Waals surface area contributed by atoms with Crippen LogP contribution in [0.25, 0.3) is 11.0 Å². The lowest BCUT2D eigenvalue weighted by atomic mass is 9.84. The number of piperazine rings is 1. The molecule has 6 heteroatoms. The second kappa shape index (κ2) is 8.59. The SMILES string of the molecule is Cc1ccc2onc(N3CCN(CCC4CCC(N)CC4)CC3)c2c1.Cl. The zero-order valence-electron chi connectivity index (χ0n) is 15.7. The maximum Gasteiger partial charge on any atom is 0.180 e. The number of nitrogens with zero attached hydrogens (tertiary/aromatic N) is 3. The topological polar surface area (TPSA) is 58.5 Å². The summed E-state index contributed by atoms with van der Waals surface area (Å²) in [6, 6.07) is 6.74. The zero-order chi connectivity index (χ0) is 17.2. The molecular formula is C20H31ClN4O. The molecule has 0 radical (unpaired) electrons. The predicted molar refractivity (Wildman–Crippen MR) is 109 cm³/mol. The molecule has 5 nitrogen and oxygen atoms in total. The molecule has 2 fully saturated rings. The van der Waals surface area contributed by atoms with Gasteiger partial charge in [-0.25, -0.2) is 0 Å². The number of aryl methyl sites for hydroxylation is 1. The molecule has 0 amide bonds. The zero-order valence-corrected chi connectivity index (χ0v) is 16.5. The molecule has 2 aromatic rings. The van der Waals surface area contributed by atoms with Gasteiger partial charge in [0, 0.05) is 32.2 Å². The fourth-order valence-electron chi connectivity index (χ4n) is 4.29. The Kier molecular flexibility index (Phi) is 6.43. The van der Waals surface area contributed by atoms with Gasteiger partial charge in [-0.3, -0.25) is 4.90 Å². The molecule has 0 spiro atoms. The summed E-state index contributed by atoms with van der Waals surface area (Å²) in [6.07, 6.45) is 6.42. The van der Waals surface area contributed by atoms with Crippen molar-refractivity contribution in [3.05, 3.63) is 23.8 Å². The molecule has 1 aliphatic carbocycles. The van der Waals surface area contributed by atoms with E-state index >= 15 is 0 Å². The van der Waals surface area contributed by atoms with Crippen molar-refractivity contribution < 1.29 is 4.52 Å². The Bertz CT molecular complexity index is 703. The van der Waals surface area contributed by atoms with E-state index in [0.717, 1.165) is 48.9 Å². The van der Waals surface area contributed by atoms with Gasteiger partial charge in [-0.1, -0.05) is 16.8 Å². The minimum Gasteiger partial charge on any atom is -0.354 e. The summed E-state index contributed by atoms with van der Waals surface area (Å²) in [5, 5.41) is 5.48. The molecule has 1 aromatic heterocycles. The van der Waals surface area contributed by atoms with Crippen LogP contribution in [0, 0.1) is 12.8 Å². The number of benzene rings is 1. The number of anilines is 1. The van der Waals surface area contributed by atoms with E-state index in [1.165, 1.54) is 44.2 Å². The van der Waals surface area contributed by atoms with Gasteiger partial charge in [-0.05, 0) is 63.6 Å². The van der Waals surface area contributed by atoms with E-state index in [-0.39, 0.29) is 12.4 Å². The number of hydrogen-bond acceptors (Lipinski definition) is 5. The highest BCUT2D eigenvalue weighted by molar-refractivity contribution is 5.89. The minimum atomic E-state index is 0. The number of fused-ring (bicyclic) bond motifs is 1. The molecule has 2 N–H and O–H groups in total. The van der Waals surface area contributed by atoms with Crippen LogP contribution >= 0.6 is 12.4 Å². The first-order valence-corrected chi connectivity index (χ1v) is 9.78. The second-order valence-corrected chi connectivity index (χ2v) is 7.90. The molecule has 2 aliphatic rings. The third-order valence-corrected chi connectivity index (χ3v) is 6.02. The Labute approximate surface area is 162 Å². The minimum absolute atomic E-state index is 0. The van der Waals surface area contributed by atoms with Crippen molar-refractivity contribution in [2.24, 2.45) is 11.7 Å². The Morgan fingerprint density at radius 2 is 1.85 bits per heavy atom. The molecule has 0 atom stereocenters. The Morgan fingerprint density at radius 1 is 1.12 bits per heavy atom. The summed E-state index contributed by atoms with van der Waals surface area (Å²) in [6.45, 7) is 7.65. The van der Waals surface area contributed by atoms with Crippen molar-refractivity contribution in [3.63, 3.8) is 0 Å². The van der Waals surface area contributed by atoms with Gasteiger partial charge in [0.05, 0.1) is 5.39 Å². The van der Waals surface area contributed by atoms with E-state index in [0.29, 0.717) is 6.04 Å². The molecule has 26 heavy (non-hydrogen) atoms. The molecule has 1 saturated heterocycles. The molecule has 1 saturated carbocycles. The van der Waals surface area contributed by atoms with E-state index in [4.69, 9.17) is 10.3 Å². The Hall–Kier alpha value is -1.30. The average Bonchev–Trinajstić information content (AvgIpc) is 3.05. The normalized spacial score (nSPS) is 24.6. The lowest BCUT2D eigenvalue weighted by Gasteiger charge is -2.36. The van der Waals surface area contributed by atoms with Crippen LogP contribution in [-0.2, 0) is 0 Å². The van der Waals surface area contributed by atoms with Crippen LogP contribution < -0.4 is 10.6 Å². The van der Waals surface area contributed by atoms with Gasteiger partial charge in [0.2, 0.25) is 0 Å². The van der Waals surface area contributed by atoms with E-state index < -0.39 is 0 Å². The first-order chi connectivity index (χ1) is 12.2. The Balaban J connectivity index is 0.00000196. The van der Waals surface area contributed by atoms with Gasteiger partial charge in [-0.2, -0.15) is 0 Å². The van der Waals surface area contributed by atoms with Crippen LogP contribution in [0.5, 0.6) is 0 Å². The first-order valence-electron chi connectivity index (χ1n) is 9.78. The molecule has 0 unspecified atom stereocenters. The monoisotopic (exact) mass is 378 g/mol. The van der Waals surface area contributed by atoms with Crippen LogP contribution in [0.2, 0.25) is 0 Å². The average molecular weight is 379 g/mol. The quantitative estimate of drug-likeness (QED) is 0.881. The number of nitrogens with two attached hydrogens (primary N) is 1. The van der Waals surface area contributed by atoms with Gasteiger partial charge >= 0.3 is 0 Å². The van der Waals surface area contributed by atoms with Gasteiger partial charge in [0.25, 0.3) is 0 Å². The molecule has 1 aliphatic heterocycles. The van der Waals surface area contributed by atoms with Crippen molar-refractivity contribution in [2.45, 2.75) is 45.1 Å². The highest BCUT2D eigenvalue weighted by atomic mass is 35.5. The summed E-state index contributed by atoms with van der Waals surface area (Å²) in [7, 11) is 0. The summed E-state index contributed by atoms with van der Waals surface area (Å²) < 4.78 is 5.50. The number of halogens is 1. The van der Waals surface area contributed by atoms with E-state index in [2.05, 4.69) is 34.0 Å². The van der Waals surface area contributed by atoms with Crippen LogP contribution in [0.3, 0.4) is 0 Å². The van der Waals surface area contributed by atoms with Crippen LogP contribution in [0.1, 0.15) is 37.7 Å². The molecule has 2 heterocycles. The lowest BCUT2D eigenvalue weighted by Crippen LogP contribution is -2.47. The van der Waals surface area contributed by atoms with Crippen molar-refractivity contribution in [1.82, 2.24) is 10.1 Å². The van der Waals surface area contributed by atoms with Gasteiger partial charge in [0.1, 0.15) is 0 Å². The van der Waals surface area contributed by atoms with E-state index in [1.54, 1.807) is 0 Å². The fourth-order valence-corrected chi connectivity index (χ4v) is 4.29. The highest BCUT2D eigenvalue weighted by Gasteiger charge is 2.23. The van der Waals surface area contributed by atoms with Crippen molar-refractivity contribution in [1.29, 1.82) is 0 Å². The molecular weight excluding hydrogens is 348 g/mol. The van der Waals surface area contributed by atoms with Gasteiger partial charge in [-0.15, -0.1) is 12.4 Å².